The fraction of sp³-hybridized carbons (Fsp3) is 0.417. The maximum Gasteiger partial charge on any atom is 0.143 e. The number of nitrogens with zero attached hydrogens (tertiary/aromatic N) is 1. The predicted octanol–water partition coefficient (Wildman–Crippen LogP) is 3.05. The molecule has 0 aromatic heterocycles. The highest BCUT2D eigenvalue weighted by Gasteiger charge is 2.14. The molecule has 1 aliphatic rings. The maximum atomic E-state index is 13.3. The molecule has 0 unspecified atom stereocenters. The van der Waals surface area contributed by atoms with Crippen molar-refractivity contribution in [1.82, 2.24) is 0 Å². The Morgan fingerprint density at radius 3 is 2.67 bits per heavy atom. The fourth-order valence-electron chi connectivity index (χ4n) is 2.00. The van der Waals surface area contributed by atoms with E-state index in [1.807, 2.05) is 6.07 Å². The van der Waals surface area contributed by atoms with Crippen molar-refractivity contribution in [2.45, 2.75) is 31.7 Å². The lowest BCUT2D eigenvalue weighted by Crippen LogP contribution is -2.14. The monoisotopic (exact) mass is 204 g/mol. The van der Waals surface area contributed by atoms with Crippen molar-refractivity contribution in [1.29, 1.82) is 5.26 Å². The number of benzene rings is 1. The Kier molecular flexibility index (Phi) is 2.86. The molecule has 3 heteroatoms. The summed E-state index contributed by atoms with van der Waals surface area (Å²) in [6.45, 7) is 0. The molecule has 1 fully saturated rings. The Morgan fingerprint density at radius 1 is 1.33 bits per heavy atom. The lowest BCUT2D eigenvalue weighted by molar-refractivity contribution is 0.623. The van der Waals surface area contributed by atoms with Gasteiger partial charge in [-0.25, -0.2) is 4.39 Å². The minimum absolute atomic E-state index is 0.104. The van der Waals surface area contributed by atoms with Crippen LogP contribution in [0.1, 0.15) is 31.2 Å². The van der Waals surface area contributed by atoms with Crippen LogP contribution in [0.5, 0.6) is 0 Å². The summed E-state index contributed by atoms with van der Waals surface area (Å²) in [6.07, 6.45) is 4.80. The van der Waals surface area contributed by atoms with E-state index in [4.69, 9.17) is 5.26 Å². The summed E-state index contributed by atoms with van der Waals surface area (Å²) in [7, 11) is 0. The van der Waals surface area contributed by atoms with E-state index in [0.717, 1.165) is 18.5 Å². The van der Waals surface area contributed by atoms with Crippen LogP contribution in [-0.2, 0) is 0 Å². The first-order valence-corrected chi connectivity index (χ1v) is 5.26. The largest absolute Gasteiger partial charge is 0.382 e. The van der Waals surface area contributed by atoms with E-state index in [9.17, 15) is 4.39 Å². The Morgan fingerprint density at radius 2 is 2.07 bits per heavy atom. The van der Waals surface area contributed by atoms with Crippen molar-refractivity contribution < 1.29 is 4.39 Å². The molecule has 0 atom stereocenters. The zero-order valence-electron chi connectivity index (χ0n) is 8.46. The van der Waals surface area contributed by atoms with Gasteiger partial charge >= 0.3 is 0 Å². The molecule has 15 heavy (non-hydrogen) atoms. The van der Waals surface area contributed by atoms with Crippen LogP contribution >= 0.6 is 0 Å². The van der Waals surface area contributed by atoms with Gasteiger partial charge in [0.2, 0.25) is 0 Å². The van der Waals surface area contributed by atoms with Crippen LogP contribution < -0.4 is 5.32 Å². The zero-order valence-corrected chi connectivity index (χ0v) is 8.46. The normalized spacial score (nSPS) is 16.3. The van der Waals surface area contributed by atoms with Gasteiger partial charge in [0.15, 0.2) is 0 Å². The number of anilines is 1. The summed E-state index contributed by atoms with van der Waals surface area (Å²) < 4.78 is 13.3. The van der Waals surface area contributed by atoms with Crippen molar-refractivity contribution in [2.24, 2.45) is 0 Å². The second-order valence-electron chi connectivity index (χ2n) is 3.93. The summed E-state index contributed by atoms with van der Waals surface area (Å²) >= 11 is 0. The van der Waals surface area contributed by atoms with Gasteiger partial charge in [-0.15, -0.1) is 0 Å². The molecule has 2 rings (SSSR count). The molecule has 0 bridgehead atoms. The average molecular weight is 204 g/mol. The van der Waals surface area contributed by atoms with E-state index >= 15 is 0 Å². The molecule has 0 amide bonds. The van der Waals surface area contributed by atoms with E-state index in [-0.39, 0.29) is 5.56 Å². The van der Waals surface area contributed by atoms with E-state index in [1.54, 1.807) is 6.07 Å². The van der Waals surface area contributed by atoms with Crippen molar-refractivity contribution in [3.05, 3.63) is 29.6 Å². The second-order valence-corrected chi connectivity index (χ2v) is 3.93. The first-order chi connectivity index (χ1) is 7.29. The molecule has 0 spiro atoms. The summed E-state index contributed by atoms with van der Waals surface area (Å²) in [6, 6.07) is 6.97. The Bertz CT molecular complexity index is 389. The first kappa shape index (κ1) is 9.97. The number of hydrogen-bond donors (Lipinski definition) is 1. The highest BCUT2D eigenvalue weighted by molar-refractivity contribution is 5.48. The van der Waals surface area contributed by atoms with Crippen LogP contribution in [-0.4, -0.2) is 6.04 Å². The van der Waals surface area contributed by atoms with Crippen LogP contribution in [0.15, 0.2) is 18.2 Å². The summed E-state index contributed by atoms with van der Waals surface area (Å²) in [5.74, 6) is -0.444. The highest BCUT2D eigenvalue weighted by atomic mass is 19.1. The van der Waals surface area contributed by atoms with Crippen LogP contribution in [0.25, 0.3) is 0 Å². The molecular formula is C12H13FN2. The van der Waals surface area contributed by atoms with E-state index in [2.05, 4.69) is 5.32 Å². The van der Waals surface area contributed by atoms with Crippen LogP contribution in [0.3, 0.4) is 0 Å². The molecular weight excluding hydrogens is 191 g/mol. The summed E-state index contributed by atoms with van der Waals surface area (Å²) in [5, 5.41) is 11.9. The van der Waals surface area contributed by atoms with Gasteiger partial charge in [0.1, 0.15) is 11.9 Å². The Labute approximate surface area is 88.7 Å². The lowest BCUT2D eigenvalue weighted by Gasteiger charge is -2.13. The summed E-state index contributed by atoms with van der Waals surface area (Å²) in [4.78, 5) is 0. The van der Waals surface area contributed by atoms with Crippen molar-refractivity contribution in [2.75, 3.05) is 5.32 Å². The van der Waals surface area contributed by atoms with Crippen LogP contribution in [0.2, 0.25) is 0 Å². The average Bonchev–Trinajstić information content (AvgIpc) is 2.71. The van der Waals surface area contributed by atoms with Crippen LogP contribution in [0, 0.1) is 17.1 Å². The molecule has 0 saturated heterocycles. The topological polar surface area (TPSA) is 35.8 Å². The standard InChI is InChI=1S/C12H13FN2/c13-12-7-11(6-5-9(12)8-14)15-10-3-1-2-4-10/h5-7,10,15H,1-4H2. The maximum absolute atomic E-state index is 13.3. The van der Waals surface area contributed by atoms with Crippen LogP contribution in [0.4, 0.5) is 10.1 Å². The predicted molar refractivity (Wildman–Crippen MR) is 57.0 cm³/mol. The van der Waals surface area contributed by atoms with E-state index < -0.39 is 5.82 Å². The molecule has 78 valence electrons. The minimum Gasteiger partial charge on any atom is -0.382 e. The molecule has 0 heterocycles. The smallest absolute Gasteiger partial charge is 0.143 e. The van der Waals surface area contributed by atoms with Gasteiger partial charge in [-0.05, 0) is 31.0 Å². The number of rotatable bonds is 2. The molecule has 1 saturated carbocycles. The van der Waals surface area contributed by atoms with Gasteiger partial charge in [0.25, 0.3) is 0 Å². The van der Waals surface area contributed by atoms with Gasteiger partial charge in [0.05, 0.1) is 5.56 Å². The third-order valence-corrected chi connectivity index (χ3v) is 2.82. The van der Waals surface area contributed by atoms with Gasteiger partial charge in [-0.3, -0.25) is 0 Å². The van der Waals surface area contributed by atoms with E-state index in [0.29, 0.717) is 6.04 Å². The minimum atomic E-state index is -0.444. The molecule has 1 aromatic rings. The fourth-order valence-corrected chi connectivity index (χ4v) is 2.00. The highest BCUT2D eigenvalue weighted by Crippen LogP contribution is 2.23. The lowest BCUT2D eigenvalue weighted by atomic mass is 10.2. The number of nitrogens with one attached hydrogen (secondary N) is 1. The number of hydrogen-bond acceptors (Lipinski definition) is 2. The quantitative estimate of drug-likeness (QED) is 0.803. The second kappa shape index (κ2) is 4.31. The molecule has 1 N–H and O–H groups in total. The third kappa shape index (κ3) is 2.27. The molecule has 1 aliphatic carbocycles. The Balaban J connectivity index is 2.09. The van der Waals surface area contributed by atoms with E-state index in [1.165, 1.54) is 25.0 Å². The third-order valence-electron chi connectivity index (χ3n) is 2.82. The van der Waals surface area contributed by atoms with Crippen molar-refractivity contribution >= 4 is 5.69 Å². The van der Waals surface area contributed by atoms with Crippen molar-refractivity contribution in [3.8, 4) is 6.07 Å². The molecule has 2 nitrogen and oxygen atoms in total. The van der Waals surface area contributed by atoms with Gasteiger partial charge in [-0.1, -0.05) is 12.8 Å². The van der Waals surface area contributed by atoms with Crippen molar-refractivity contribution in [3.63, 3.8) is 0 Å². The number of nitriles is 1. The molecule has 0 radical (unpaired) electrons. The Hall–Kier alpha value is -1.56. The zero-order chi connectivity index (χ0) is 10.7. The summed E-state index contributed by atoms with van der Waals surface area (Å²) in [5.41, 5.74) is 0.880. The van der Waals surface area contributed by atoms with Gasteiger partial charge < -0.3 is 5.32 Å². The molecule has 0 aliphatic heterocycles. The number of halogens is 1. The molecule has 1 aromatic carbocycles. The first-order valence-electron chi connectivity index (χ1n) is 5.26. The van der Waals surface area contributed by atoms with Gasteiger partial charge in [0, 0.05) is 11.7 Å². The SMILES string of the molecule is N#Cc1ccc(NC2CCCC2)cc1F. The van der Waals surface area contributed by atoms with Gasteiger partial charge in [-0.2, -0.15) is 5.26 Å².